The lowest BCUT2D eigenvalue weighted by Crippen LogP contribution is -2.31. The Bertz CT molecular complexity index is 543. The standard InChI is InChI=1S/C15H19NO6/c1-3-21-15(20)10(2)22-9-8-16-13(17)11-6-4-5-7-12(11)14(18)19/h4-7,10H,3,8-9H2,1-2H3,(H,16,17)(H,18,19). The highest BCUT2D eigenvalue weighted by Gasteiger charge is 2.16. The summed E-state index contributed by atoms with van der Waals surface area (Å²) in [5.41, 5.74) is 0.00857. The molecule has 0 bridgehead atoms. The van der Waals surface area contributed by atoms with Gasteiger partial charge in [-0.05, 0) is 26.0 Å². The fourth-order valence-electron chi connectivity index (χ4n) is 1.69. The minimum Gasteiger partial charge on any atom is -0.478 e. The molecule has 1 amide bonds. The summed E-state index contributed by atoms with van der Waals surface area (Å²) in [6.07, 6.45) is -0.719. The third-order valence-electron chi connectivity index (χ3n) is 2.78. The maximum atomic E-state index is 11.9. The monoisotopic (exact) mass is 309 g/mol. The fraction of sp³-hybridized carbons (Fsp3) is 0.400. The number of aromatic carboxylic acids is 1. The highest BCUT2D eigenvalue weighted by molar-refractivity contribution is 6.04. The zero-order valence-electron chi connectivity index (χ0n) is 12.5. The predicted molar refractivity (Wildman–Crippen MR) is 77.8 cm³/mol. The summed E-state index contributed by atoms with van der Waals surface area (Å²) in [7, 11) is 0. The fourth-order valence-corrected chi connectivity index (χ4v) is 1.69. The zero-order chi connectivity index (χ0) is 16.5. The van der Waals surface area contributed by atoms with E-state index >= 15 is 0 Å². The Morgan fingerprint density at radius 2 is 1.86 bits per heavy atom. The molecular weight excluding hydrogens is 290 g/mol. The first-order chi connectivity index (χ1) is 10.5. The van der Waals surface area contributed by atoms with E-state index in [1.54, 1.807) is 26.0 Å². The van der Waals surface area contributed by atoms with Crippen LogP contribution in [0.3, 0.4) is 0 Å². The SMILES string of the molecule is CCOC(=O)C(C)OCCNC(=O)c1ccccc1C(=O)O. The van der Waals surface area contributed by atoms with Crippen molar-refractivity contribution in [2.45, 2.75) is 20.0 Å². The van der Waals surface area contributed by atoms with Crippen molar-refractivity contribution in [3.05, 3.63) is 35.4 Å². The number of carbonyl (C=O) groups is 3. The normalized spacial score (nSPS) is 11.5. The minimum absolute atomic E-state index is 0.0687. The molecule has 120 valence electrons. The van der Waals surface area contributed by atoms with Gasteiger partial charge in [0.05, 0.1) is 24.3 Å². The number of carbonyl (C=O) groups excluding carboxylic acids is 2. The molecule has 0 radical (unpaired) electrons. The van der Waals surface area contributed by atoms with Gasteiger partial charge in [-0.25, -0.2) is 9.59 Å². The number of hydrogen-bond donors (Lipinski definition) is 2. The molecule has 22 heavy (non-hydrogen) atoms. The predicted octanol–water partition coefficient (Wildman–Crippen LogP) is 1.08. The van der Waals surface area contributed by atoms with Gasteiger partial charge in [-0.15, -0.1) is 0 Å². The van der Waals surface area contributed by atoms with Crippen LogP contribution < -0.4 is 5.32 Å². The van der Waals surface area contributed by atoms with Crippen molar-refractivity contribution in [3.63, 3.8) is 0 Å². The molecule has 0 aliphatic heterocycles. The van der Waals surface area contributed by atoms with Gasteiger partial charge in [-0.1, -0.05) is 12.1 Å². The number of rotatable bonds is 8. The van der Waals surface area contributed by atoms with Crippen molar-refractivity contribution >= 4 is 17.8 Å². The lowest BCUT2D eigenvalue weighted by Gasteiger charge is -2.12. The van der Waals surface area contributed by atoms with Crippen LogP contribution in [0, 0.1) is 0 Å². The largest absolute Gasteiger partial charge is 0.478 e. The summed E-state index contributed by atoms with van der Waals surface area (Å²) >= 11 is 0. The van der Waals surface area contributed by atoms with E-state index in [2.05, 4.69) is 5.32 Å². The van der Waals surface area contributed by atoms with Gasteiger partial charge in [0.15, 0.2) is 6.10 Å². The number of carboxylic acids is 1. The van der Waals surface area contributed by atoms with Crippen LogP contribution >= 0.6 is 0 Å². The highest BCUT2D eigenvalue weighted by Crippen LogP contribution is 2.08. The van der Waals surface area contributed by atoms with Crippen LogP contribution in [0.1, 0.15) is 34.6 Å². The van der Waals surface area contributed by atoms with Gasteiger partial charge in [0.1, 0.15) is 0 Å². The maximum absolute atomic E-state index is 11.9. The number of amides is 1. The van der Waals surface area contributed by atoms with Crippen LogP contribution in [0.2, 0.25) is 0 Å². The smallest absolute Gasteiger partial charge is 0.336 e. The summed E-state index contributed by atoms with van der Waals surface area (Å²) in [6.45, 7) is 3.79. The van der Waals surface area contributed by atoms with Crippen molar-refractivity contribution in [3.8, 4) is 0 Å². The van der Waals surface area contributed by atoms with Gasteiger partial charge in [-0.3, -0.25) is 4.79 Å². The number of benzene rings is 1. The highest BCUT2D eigenvalue weighted by atomic mass is 16.6. The van der Waals surface area contributed by atoms with E-state index in [9.17, 15) is 14.4 Å². The summed E-state index contributed by atoms with van der Waals surface area (Å²) in [4.78, 5) is 34.3. The number of nitrogens with one attached hydrogen (secondary N) is 1. The lowest BCUT2D eigenvalue weighted by atomic mass is 10.1. The van der Waals surface area contributed by atoms with Crippen molar-refractivity contribution in [1.82, 2.24) is 5.32 Å². The van der Waals surface area contributed by atoms with Crippen molar-refractivity contribution in [1.29, 1.82) is 0 Å². The Labute approximate surface area is 128 Å². The zero-order valence-corrected chi connectivity index (χ0v) is 12.5. The number of hydrogen-bond acceptors (Lipinski definition) is 5. The third-order valence-corrected chi connectivity index (χ3v) is 2.78. The third kappa shape index (κ3) is 5.17. The molecular formula is C15H19NO6. The molecule has 1 aromatic carbocycles. The van der Waals surface area contributed by atoms with Crippen LogP contribution in [-0.2, 0) is 14.3 Å². The number of carboxylic acid groups (broad SMARTS) is 1. The lowest BCUT2D eigenvalue weighted by molar-refractivity contribution is -0.155. The first-order valence-corrected chi connectivity index (χ1v) is 6.86. The summed E-state index contributed by atoms with van der Waals surface area (Å²) < 4.78 is 9.99. The quantitative estimate of drug-likeness (QED) is 0.550. The topological polar surface area (TPSA) is 102 Å². The molecule has 0 heterocycles. The molecule has 1 rings (SSSR count). The van der Waals surface area contributed by atoms with Crippen LogP contribution in [0.4, 0.5) is 0 Å². The van der Waals surface area contributed by atoms with Gasteiger partial charge in [0.2, 0.25) is 0 Å². The number of ether oxygens (including phenoxy) is 2. The summed E-state index contributed by atoms with van der Waals surface area (Å²) in [5, 5.41) is 11.6. The van der Waals surface area contributed by atoms with Crippen molar-refractivity contribution in [2.24, 2.45) is 0 Å². The average molecular weight is 309 g/mol. The van der Waals surface area contributed by atoms with Crippen molar-refractivity contribution in [2.75, 3.05) is 19.8 Å². The molecule has 0 saturated carbocycles. The van der Waals surface area contributed by atoms with Gasteiger partial charge in [-0.2, -0.15) is 0 Å². The Kier molecular flexibility index (Phi) is 7.04. The molecule has 0 aliphatic rings. The van der Waals surface area contributed by atoms with Gasteiger partial charge in [0.25, 0.3) is 5.91 Å². The second-order valence-electron chi connectivity index (χ2n) is 4.37. The van der Waals surface area contributed by atoms with E-state index in [0.29, 0.717) is 0 Å². The van der Waals surface area contributed by atoms with Crippen LogP contribution in [0.15, 0.2) is 24.3 Å². The Morgan fingerprint density at radius 1 is 1.23 bits per heavy atom. The number of esters is 1. The Morgan fingerprint density at radius 3 is 2.45 bits per heavy atom. The average Bonchev–Trinajstić information content (AvgIpc) is 2.51. The molecule has 0 fully saturated rings. The molecule has 0 saturated heterocycles. The van der Waals surface area contributed by atoms with Gasteiger partial charge < -0.3 is 19.9 Å². The first-order valence-electron chi connectivity index (χ1n) is 6.86. The van der Waals surface area contributed by atoms with Crippen LogP contribution in [-0.4, -0.2) is 48.8 Å². The van der Waals surface area contributed by atoms with E-state index < -0.39 is 23.9 Å². The molecule has 0 spiro atoms. The Hall–Kier alpha value is -2.41. The van der Waals surface area contributed by atoms with Crippen LogP contribution in [0.25, 0.3) is 0 Å². The molecule has 1 atom stereocenters. The first kappa shape index (κ1) is 17.6. The van der Waals surface area contributed by atoms with Gasteiger partial charge >= 0.3 is 11.9 Å². The Balaban J connectivity index is 2.44. The molecule has 7 heteroatoms. The van der Waals surface area contributed by atoms with E-state index in [-0.39, 0.29) is 30.9 Å². The molecule has 1 aromatic rings. The van der Waals surface area contributed by atoms with E-state index in [1.165, 1.54) is 12.1 Å². The molecule has 0 aromatic heterocycles. The van der Waals surface area contributed by atoms with Crippen LogP contribution in [0.5, 0.6) is 0 Å². The maximum Gasteiger partial charge on any atom is 0.336 e. The molecule has 2 N–H and O–H groups in total. The summed E-state index contributed by atoms with van der Waals surface area (Å²) in [6, 6.07) is 5.92. The molecule has 7 nitrogen and oxygen atoms in total. The summed E-state index contributed by atoms with van der Waals surface area (Å²) in [5.74, 6) is -2.15. The molecule has 1 unspecified atom stereocenters. The molecule has 0 aliphatic carbocycles. The van der Waals surface area contributed by atoms with Gasteiger partial charge in [0, 0.05) is 6.54 Å². The minimum atomic E-state index is -1.17. The second-order valence-corrected chi connectivity index (χ2v) is 4.37. The van der Waals surface area contributed by atoms with Crippen molar-refractivity contribution < 1.29 is 29.0 Å². The second kappa shape index (κ2) is 8.78. The van der Waals surface area contributed by atoms with E-state index in [0.717, 1.165) is 0 Å². The van der Waals surface area contributed by atoms with E-state index in [4.69, 9.17) is 14.6 Å². The van der Waals surface area contributed by atoms with E-state index in [1.807, 2.05) is 0 Å².